The summed E-state index contributed by atoms with van der Waals surface area (Å²) in [5, 5.41) is 14.7. The summed E-state index contributed by atoms with van der Waals surface area (Å²) in [4.78, 5) is 37.2. The molecule has 5 aromatic rings. The van der Waals surface area contributed by atoms with Gasteiger partial charge in [-0.25, -0.2) is 16.8 Å². The molecular formula is C61H89N7O9S4. The maximum absolute atomic E-state index is 13.4. The number of nitrogens with two attached hydrogens (primary N) is 1. The van der Waals surface area contributed by atoms with Gasteiger partial charge in [0.1, 0.15) is 15.7 Å². The fraction of sp³-hybridized carbons (Fsp3) is 0.525. The second kappa shape index (κ2) is 36.4. The van der Waals surface area contributed by atoms with Crippen molar-refractivity contribution >= 4 is 60.4 Å². The number of carbonyl (C=O) groups is 3. The molecular weight excluding hydrogens is 1100 g/mol. The smallest absolute Gasteiger partial charge is 0.252 e. The van der Waals surface area contributed by atoms with Gasteiger partial charge in [-0.3, -0.25) is 14.4 Å². The van der Waals surface area contributed by atoms with E-state index >= 15 is 0 Å². The van der Waals surface area contributed by atoms with Crippen LogP contribution in [0.2, 0.25) is 0 Å². The normalized spacial score (nSPS) is 16.1. The molecule has 81 heavy (non-hydrogen) atoms. The summed E-state index contributed by atoms with van der Waals surface area (Å²) in [6, 6.07) is 28.4. The van der Waals surface area contributed by atoms with Crippen LogP contribution in [0.4, 0.5) is 0 Å². The third-order valence-corrected chi connectivity index (χ3v) is 20.9. The van der Waals surface area contributed by atoms with Crippen LogP contribution in [-0.4, -0.2) is 109 Å². The number of rotatable bonds is 29. The molecule has 2 aliphatic rings. The number of ether oxygens (including phenoxy) is 2. The van der Waals surface area contributed by atoms with E-state index in [1.807, 2.05) is 6.07 Å². The highest BCUT2D eigenvalue weighted by atomic mass is 32.2. The monoisotopic (exact) mass is 1190 g/mol. The highest BCUT2D eigenvalue weighted by molar-refractivity contribution is 7.91. The molecule has 0 bridgehead atoms. The molecule has 16 nitrogen and oxygen atoms in total. The molecule has 2 aromatic heterocycles. The molecule has 3 aromatic carbocycles. The van der Waals surface area contributed by atoms with Crippen molar-refractivity contribution in [2.24, 2.45) is 5.73 Å². The third-order valence-electron chi connectivity index (χ3n) is 14.4. The number of hydrogen-bond acceptors (Lipinski definition) is 13. The van der Waals surface area contributed by atoms with Crippen LogP contribution in [0.15, 0.2) is 112 Å². The first-order chi connectivity index (χ1) is 39.2. The lowest BCUT2D eigenvalue weighted by Gasteiger charge is -2.21. The predicted octanol–water partition coefficient (Wildman–Crippen LogP) is 11.1. The lowest BCUT2D eigenvalue weighted by Crippen LogP contribution is -2.35. The number of unbranched alkanes of at least 4 members (excludes halogenated alkanes) is 10. The molecule has 6 N–H and O–H groups in total. The number of methoxy groups -OCH3 is 2. The highest BCUT2D eigenvalue weighted by Crippen LogP contribution is 2.29. The zero-order chi connectivity index (χ0) is 58.3. The number of hydrogen-bond donors (Lipinski definition) is 5. The Morgan fingerprint density at radius 2 is 1.07 bits per heavy atom. The number of carbonyl (C=O) groups excluding carboxylic acids is 3. The van der Waals surface area contributed by atoms with Crippen molar-refractivity contribution in [2.45, 2.75) is 164 Å². The number of amides is 3. The zero-order valence-electron chi connectivity index (χ0n) is 48.1. The van der Waals surface area contributed by atoms with Gasteiger partial charge in [0.15, 0.2) is 0 Å². The number of primary amides is 1. The van der Waals surface area contributed by atoms with E-state index in [1.54, 1.807) is 119 Å². The molecule has 0 aliphatic carbocycles. The van der Waals surface area contributed by atoms with Crippen molar-refractivity contribution in [2.75, 3.05) is 53.5 Å². The molecule has 2 unspecified atom stereocenters. The second-order valence-corrected chi connectivity index (χ2v) is 26.7. The molecule has 446 valence electrons. The first-order valence-electron chi connectivity index (χ1n) is 29.0. The molecule has 2 saturated heterocycles. The van der Waals surface area contributed by atoms with Crippen LogP contribution in [0.3, 0.4) is 0 Å². The van der Waals surface area contributed by atoms with Crippen molar-refractivity contribution in [1.82, 2.24) is 29.9 Å². The average Bonchev–Trinajstić information content (AvgIpc) is 4.11. The van der Waals surface area contributed by atoms with Crippen molar-refractivity contribution in [3.05, 3.63) is 129 Å². The van der Waals surface area contributed by atoms with Gasteiger partial charge in [-0.15, -0.1) is 22.7 Å². The Morgan fingerprint density at radius 1 is 0.568 bits per heavy atom. The Morgan fingerprint density at radius 3 is 1.60 bits per heavy atom. The summed E-state index contributed by atoms with van der Waals surface area (Å²) in [7, 11) is -4.03. The molecule has 0 saturated carbocycles. The topological polar surface area (TPSA) is 219 Å². The molecule has 3 amide bonds. The number of thiophene rings is 2. The fourth-order valence-electron chi connectivity index (χ4n) is 9.64. The van der Waals surface area contributed by atoms with E-state index in [2.05, 4.69) is 35.1 Å². The quantitative estimate of drug-likeness (QED) is 0.0284. The molecule has 2 aliphatic heterocycles. The van der Waals surface area contributed by atoms with Crippen LogP contribution >= 0.6 is 22.7 Å². The minimum absolute atomic E-state index is 0.164. The number of nitrogens with one attached hydrogen (secondary N) is 4. The number of sulfonamides is 2. The van der Waals surface area contributed by atoms with Crippen LogP contribution in [0, 0.1) is 0 Å². The Hall–Kier alpha value is -5.19. The van der Waals surface area contributed by atoms with E-state index in [0.29, 0.717) is 80.4 Å². The van der Waals surface area contributed by atoms with Crippen LogP contribution in [0.5, 0.6) is 11.5 Å². The van der Waals surface area contributed by atoms with E-state index in [0.717, 1.165) is 69.3 Å². The standard InChI is InChI=1S/C31H49N3O4S2.C23H33N3O4S2.C7H7NO/c1-3-4-5-6-7-8-9-10-11-12-21-32-27-16-14-22-34(23-20-27)40(36,37)30-19-18-29(39-30)25-33-31(35)26-15-13-17-28(24-26)38-2;1-3-4-12-24-19-8-6-13-26(14-10-19)32(28,29)22-11-15-31-21(22)17-25-23(27)18-7-5-9-20(16-18)30-2;8-7(9)6-4-2-1-3-5-6/h13,15,17-19,24,27,32H,3-12,14,16,20-23,25H2,1-2H3,(H,33,35);5,7,9,11,15-16,19,24H,3-4,6,8,10,12-14,17H2,1-2H3,(H,25,27);1-5H,(H2,8,9). The Labute approximate surface area is 491 Å². The minimum atomic E-state index is -3.60. The maximum Gasteiger partial charge on any atom is 0.252 e. The van der Waals surface area contributed by atoms with E-state index in [1.165, 1.54) is 86.9 Å². The van der Waals surface area contributed by atoms with Gasteiger partial charge in [0.2, 0.25) is 15.9 Å². The lowest BCUT2D eigenvalue weighted by atomic mass is 10.1. The van der Waals surface area contributed by atoms with Gasteiger partial charge in [-0.1, -0.05) is 108 Å². The average molecular weight is 1190 g/mol. The van der Waals surface area contributed by atoms with Gasteiger partial charge in [-0.2, -0.15) is 8.61 Å². The van der Waals surface area contributed by atoms with E-state index in [-0.39, 0.29) is 30.8 Å². The minimum Gasteiger partial charge on any atom is -0.497 e. The maximum atomic E-state index is 13.4. The van der Waals surface area contributed by atoms with Crippen LogP contribution < -0.4 is 36.5 Å². The Balaban J connectivity index is 0.000000261. The van der Waals surface area contributed by atoms with Gasteiger partial charge in [0.25, 0.3) is 21.8 Å². The van der Waals surface area contributed by atoms with E-state index < -0.39 is 20.0 Å². The third kappa shape index (κ3) is 22.8. The summed E-state index contributed by atoms with van der Waals surface area (Å²) < 4.78 is 67.4. The molecule has 0 radical (unpaired) electrons. The van der Waals surface area contributed by atoms with Gasteiger partial charge < -0.3 is 36.5 Å². The molecule has 7 rings (SSSR count). The van der Waals surface area contributed by atoms with Crippen molar-refractivity contribution in [3.8, 4) is 11.5 Å². The first-order valence-corrected chi connectivity index (χ1v) is 33.6. The Bertz CT molecular complexity index is 2860. The van der Waals surface area contributed by atoms with Gasteiger partial charge in [-0.05, 0) is 137 Å². The van der Waals surface area contributed by atoms with Crippen LogP contribution in [0.25, 0.3) is 0 Å². The van der Waals surface area contributed by atoms with Crippen LogP contribution in [-0.2, 0) is 33.1 Å². The summed E-state index contributed by atoms with van der Waals surface area (Å²) in [6.45, 7) is 9.00. The summed E-state index contributed by atoms with van der Waals surface area (Å²) in [6.07, 6.45) is 21.0. The zero-order valence-corrected chi connectivity index (χ0v) is 51.4. The molecule has 2 fully saturated rings. The summed E-state index contributed by atoms with van der Waals surface area (Å²) in [5.74, 6) is 0.346. The van der Waals surface area contributed by atoms with Crippen molar-refractivity contribution in [3.63, 3.8) is 0 Å². The second-order valence-electron chi connectivity index (χ2n) is 20.5. The van der Waals surface area contributed by atoms with Gasteiger partial charge in [0.05, 0.1) is 32.2 Å². The van der Waals surface area contributed by atoms with Gasteiger partial charge >= 0.3 is 0 Å². The number of nitrogens with zero attached hydrogens (tertiary/aromatic N) is 2. The molecule has 2 atom stereocenters. The van der Waals surface area contributed by atoms with Gasteiger partial charge in [0, 0.05) is 64.7 Å². The molecule has 4 heterocycles. The fourth-order valence-corrected chi connectivity index (χ4v) is 15.4. The molecule has 20 heteroatoms. The van der Waals surface area contributed by atoms with E-state index in [4.69, 9.17) is 15.2 Å². The van der Waals surface area contributed by atoms with E-state index in [9.17, 15) is 31.2 Å². The largest absolute Gasteiger partial charge is 0.497 e. The highest BCUT2D eigenvalue weighted by Gasteiger charge is 2.31. The predicted molar refractivity (Wildman–Crippen MR) is 327 cm³/mol. The van der Waals surface area contributed by atoms with Crippen molar-refractivity contribution < 1.29 is 40.7 Å². The van der Waals surface area contributed by atoms with Crippen LogP contribution in [0.1, 0.15) is 170 Å². The van der Waals surface area contributed by atoms with Crippen molar-refractivity contribution in [1.29, 1.82) is 0 Å². The number of benzene rings is 3. The molecule has 0 spiro atoms. The lowest BCUT2D eigenvalue weighted by molar-refractivity contribution is 0.0943. The first kappa shape index (κ1) is 66.6. The SMILES string of the molecule is CCCCCCCCCCCCNC1CCCN(S(=O)(=O)c2ccc(CNC(=O)c3cccc(OC)c3)s2)CC1.CCCCNC1CCCN(S(=O)(=O)c2ccsc2CNC(=O)c2cccc(OC)c2)CC1.NC(=O)c1ccccc1. The summed E-state index contributed by atoms with van der Waals surface area (Å²) in [5.41, 5.74) is 6.50. The summed E-state index contributed by atoms with van der Waals surface area (Å²) >= 11 is 2.58. The Kier molecular flexibility index (Phi) is 29.9.